The van der Waals surface area contributed by atoms with Gasteiger partial charge in [0, 0.05) is 12.1 Å². The summed E-state index contributed by atoms with van der Waals surface area (Å²) in [6, 6.07) is 3.22. The molecule has 0 amide bonds. The van der Waals surface area contributed by atoms with Crippen LogP contribution in [0.15, 0.2) is 21.2 Å². The van der Waals surface area contributed by atoms with Crippen LogP contribution in [0.2, 0.25) is 0 Å². The van der Waals surface area contributed by atoms with Crippen LogP contribution in [0.5, 0.6) is 0 Å². The zero-order valence-corrected chi connectivity index (χ0v) is 11.7. The second-order valence-electron chi connectivity index (χ2n) is 3.90. The van der Waals surface area contributed by atoms with Crippen molar-refractivity contribution >= 4 is 21.9 Å². The molecule has 6 heteroatoms. The Bertz CT molecular complexity index is 540. The fourth-order valence-corrected chi connectivity index (χ4v) is 1.99. The lowest BCUT2D eigenvalue weighted by molar-refractivity contribution is 0.0471. The van der Waals surface area contributed by atoms with Crippen molar-refractivity contribution in [3.05, 3.63) is 39.5 Å². The van der Waals surface area contributed by atoms with Gasteiger partial charge in [0.15, 0.2) is 4.67 Å². The number of carbonyl (C=O) groups is 1. The Hall–Kier alpha value is -1.56. The van der Waals surface area contributed by atoms with Crippen LogP contribution in [-0.2, 0) is 11.2 Å². The number of aromatic amines is 1. The highest BCUT2D eigenvalue weighted by molar-refractivity contribution is 9.10. The fraction of sp³-hybridized carbons (Fsp3) is 0.333. The summed E-state index contributed by atoms with van der Waals surface area (Å²) in [5.74, 6) is -0.262. The molecule has 2 rings (SSSR count). The first kappa shape index (κ1) is 12.9. The first-order valence-corrected chi connectivity index (χ1v) is 6.30. The maximum absolute atomic E-state index is 11.6. The number of halogens is 1. The van der Waals surface area contributed by atoms with E-state index in [4.69, 9.17) is 9.15 Å². The summed E-state index contributed by atoms with van der Waals surface area (Å²) in [6.45, 7) is 4.17. The van der Waals surface area contributed by atoms with Gasteiger partial charge in [-0.25, -0.2) is 4.79 Å². The van der Waals surface area contributed by atoms with E-state index < -0.39 is 5.97 Å². The highest BCUT2D eigenvalue weighted by Gasteiger charge is 2.13. The summed E-state index contributed by atoms with van der Waals surface area (Å²) in [4.78, 5) is 11.6. The molecule has 0 aliphatic carbocycles. The van der Waals surface area contributed by atoms with E-state index >= 15 is 0 Å². The number of nitrogens with zero attached hydrogens (tertiary/aromatic N) is 1. The zero-order valence-electron chi connectivity index (χ0n) is 10.1. The average molecular weight is 313 g/mol. The number of ether oxygens (including phenoxy) is 1. The van der Waals surface area contributed by atoms with E-state index in [9.17, 15) is 4.79 Å². The second kappa shape index (κ2) is 5.39. The Balaban J connectivity index is 1.88. The number of nitrogens with one attached hydrogen (secondary N) is 1. The number of aromatic nitrogens is 2. The largest absolute Gasteiger partial charge is 0.459 e. The molecular weight excluding hydrogens is 300 g/mol. The molecule has 2 heterocycles. The Morgan fingerprint density at radius 1 is 1.50 bits per heavy atom. The van der Waals surface area contributed by atoms with Gasteiger partial charge in [0.05, 0.1) is 12.3 Å². The zero-order chi connectivity index (χ0) is 13.1. The van der Waals surface area contributed by atoms with E-state index in [0.717, 1.165) is 17.0 Å². The van der Waals surface area contributed by atoms with E-state index in [2.05, 4.69) is 26.1 Å². The van der Waals surface area contributed by atoms with Crippen LogP contribution >= 0.6 is 15.9 Å². The fourth-order valence-electron chi connectivity index (χ4n) is 1.68. The molecule has 0 aliphatic heterocycles. The van der Waals surface area contributed by atoms with Gasteiger partial charge in [-0.1, -0.05) is 0 Å². The van der Waals surface area contributed by atoms with Crippen LogP contribution in [0, 0.1) is 13.8 Å². The standard InChI is InChI=1S/C12H13BrN2O3/c1-7-9(8(2)15-14-7)5-6-17-12(16)10-3-4-11(13)18-10/h3-4H,5-6H2,1-2H3,(H,14,15). The molecule has 0 spiro atoms. The number of H-pyrrole nitrogens is 1. The summed E-state index contributed by atoms with van der Waals surface area (Å²) in [5.41, 5.74) is 3.03. The minimum atomic E-state index is -0.459. The molecular formula is C12H13BrN2O3. The normalized spacial score (nSPS) is 10.6. The Labute approximate surface area is 113 Å². The van der Waals surface area contributed by atoms with Crippen LogP contribution in [0.25, 0.3) is 0 Å². The number of rotatable bonds is 4. The third kappa shape index (κ3) is 2.81. The van der Waals surface area contributed by atoms with Gasteiger partial charge in [-0.2, -0.15) is 5.10 Å². The van der Waals surface area contributed by atoms with E-state index in [0.29, 0.717) is 17.7 Å². The van der Waals surface area contributed by atoms with Gasteiger partial charge in [-0.05, 0) is 47.5 Å². The summed E-state index contributed by atoms with van der Waals surface area (Å²) in [6.07, 6.45) is 0.641. The van der Waals surface area contributed by atoms with Gasteiger partial charge in [0.2, 0.25) is 5.76 Å². The summed E-state index contributed by atoms with van der Waals surface area (Å²) < 4.78 is 10.7. The van der Waals surface area contributed by atoms with E-state index in [-0.39, 0.29) is 5.76 Å². The lowest BCUT2D eigenvalue weighted by Gasteiger charge is -2.03. The summed E-state index contributed by atoms with van der Waals surface area (Å²) in [7, 11) is 0. The number of furan rings is 1. The van der Waals surface area contributed by atoms with Crippen molar-refractivity contribution < 1.29 is 13.9 Å². The van der Waals surface area contributed by atoms with Gasteiger partial charge in [-0.3, -0.25) is 5.10 Å². The van der Waals surface area contributed by atoms with Gasteiger partial charge >= 0.3 is 5.97 Å². The maximum Gasteiger partial charge on any atom is 0.374 e. The molecule has 0 fully saturated rings. The second-order valence-corrected chi connectivity index (χ2v) is 4.68. The molecule has 0 atom stereocenters. The topological polar surface area (TPSA) is 68.1 Å². The van der Waals surface area contributed by atoms with Crippen LogP contribution < -0.4 is 0 Å². The van der Waals surface area contributed by atoms with Crippen molar-refractivity contribution in [1.82, 2.24) is 10.2 Å². The lowest BCUT2D eigenvalue weighted by atomic mass is 10.1. The van der Waals surface area contributed by atoms with Gasteiger partial charge in [-0.15, -0.1) is 0 Å². The highest BCUT2D eigenvalue weighted by Crippen LogP contribution is 2.15. The molecule has 2 aromatic rings. The van der Waals surface area contributed by atoms with Crippen molar-refractivity contribution in [1.29, 1.82) is 0 Å². The Kier molecular flexibility index (Phi) is 3.86. The van der Waals surface area contributed by atoms with E-state index in [1.165, 1.54) is 0 Å². The molecule has 0 aromatic carbocycles. The van der Waals surface area contributed by atoms with Crippen LogP contribution in [0.3, 0.4) is 0 Å². The van der Waals surface area contributed by atoms with Crippen molar-refractivity contribution in [3.8, 4) is 0 Å². The molecule has 5 nitrogen and oxygen atoms in total. The molecule has 2 aromatic heterocycles. The monoisotopic (exact) mass is 312 g/mol. The first-order valence-electron chi connectivity index (χ1n) is 5.51. The molecule has 0 saturated carbocycles. The Morgan fingerprint density at radius 3 is 2.83 bits per heavy atom. The number of aryl methyl sites for hydroxylation is 2. The Morgan fingerprint density at radius 2 is 2.28 bits per heavy atom. The molecule has 0 aliphatic rings. The number of hydrogen-bond donors (Lipinski definition) is 1. The molecule has 0 saturated heterocycles. The van der Waals surface area contributed by atoms with Crippen LogP contribution in [0.4, 0.5) is 0 Å². The number of hydrogen-bond acceptors (Lipinski definition) is 4. The predicted octanol–water partition coefficient (Wildman–Crippen LogP) is 2.78. The highest BCUT2D eigenvalue weighted by atomic mass is 79.9. The average Bonchev–Trinajstić information content (AvgIpc) is 2.89. The number of esters is 1. The molecule has 0 unspecified atom stereocenters. The van der Waals surface area contributed by atoms with Gasteiger partial charge < -0.3 is 9.15 Å². The van der Waals surface area contributed by atoms with Crippen molar-refractivity contribution in [2.45, 2.75) is 20.3 Å². The SMILES string of the molecule is Cc1n[nH]c(C)c1CCOC(=O)c1ccc(Br)o1. The molecule has 18 heavy (non-hydrogen) atoms. The summed E-state index contributed by atoms with van der Waals surface area (Å²) in [5, 5.41) is 6.98. The lowest BCUT2D eigenvalue weighted by Crippen LogP contribution is -2.08. The van der Waals surface area contributed by atoms with Crippen LogP contribution in [0.1, 0.15) is 27.5 Å². The quantitative estimate of drug-likeness (QED) is 0.881. The third-order valence-corrected chi connectivity index (χ3v) is 3.07. The predicted molar refractivity (Wildman–Crippen MR) is 68.5 cm³/mol. The van der Waals surface area contributed by atoms with Crippen LogP contribution in [-0.4, -0.2) is 22.8 Å². The van der Waals surface area contributed by atoms with Gasteiger partial charge in [0.25, 0.3) is 0 Å². The minimum Gasteiger partial charge on any atom is -0.459 e. The van der Waals surface area contributed by atoms with E-state index in [1.54, 1.807) is 12.1 Å². The minimum absolute atomic E-state index is 0.197. The smallest absolute Gasteiger partial charge is 0.374 e. The van der Waals surface area contributed by atoms with E-state index in [1.807, 2.05) is 13.8 Å². The first-order chi connectivity index (χ1) is 8.58. The van der Waals surface area contributed by atoms with Gasteiger partial charge in [0.1, 0.15) is 0 Å². The van der Waals surface area contributed by atoms with Crippen molar-refractivity contribution in [3.63, 3.8) is 0 Å². The molecule has 96 valence electrons. The molecule has 1 N–H and O–H groups in total. The molecule has 0 bridgehead atoms. The summed E-state index contributed by atoms with van der Waals surface area (Å²) >= 11 is 3.13. The van der Waals surface area contributed by atoms with Crippen molar-refractivity contribution in [2.24, 2.45) is 0 Å². The molecule has 0 radical (unpaired) electrons. The third-order valence-electron chi connectivity index (χ3n) is 2.64. The number of carbonyl (C=O) groups excluding carboxylic acids is 1. The maximum atomic E-state index is 11.6. The van der Waals surface area contributed by atoms with Crippen molar-refractivity contribution in [2.75, 3.05) is 6.61 Å².